The molecule has 2 aliphatic rings. The molecule has 2 fully saturated rings. The van der Waals surface area contributed by atoms with E-state index in [0.29, 0.717) is 13.0 Å². The number of hydrogen-bond acceptors (Lipinski definition) is 7. The van der Waals surface area contributed by atoms with Gasteiger partial charge in [0, 0.05) is 18.4 Å². The number of phosphoric acid groups is 1. The number of nitrogens with two attached hydrogens (primary N) is 1. The standard InChI is InChI=1S/C19H38NO7P/c1-11(2)23-9-15-16(7-13(5)19(15)20)27-28(21,22)24-10-18-17(25-12(3)4)8-14(6)26-18/h11-19H,7-10,20H2,1-6H3,(H,21,22)/t13-,14-,15+,16+,17?,18+,19?/m0/s1. The van der Waals surface area contributed by atoms with Gasteiger partial charge in [-0.2, -0.15) is 0 Å². The minimum absolute atomic E-state index is 0.0163. The van der Waals surface area contributed by atoms with Gasteiger partial charge in [0.1, 0.15) is 6.10 Å². The van der Waals surface area contributed by atoms with Crippen LogP contribution in [-0.2, 0) is 27.8 Å². The fourth-order valence-electron chi connectivity index (χ4n) is 3.94. The fraction of sp³-hybridized carbons (Fsp3) is 1.00. The van der Waals surface area contributed by atoms with E-state index < -0.39 is 20.0 Å². The highest BCUT2D eigenvalue weighted by Gasteiger charge is 2.44. The largest absolute Gasteiger partial charge is 0.472 e. The van der Waals surface area contributed by atoms with Crippen molar-refractivity contribution in [3.05, 3.63) is 0 Å². The van der Waals surface area contributed by atoms with Crippen molar-refractivity contribution in [3.8, 4) is 0 Å². The van der Waals surface area contributed by atoms with E-state index in [1.54, 1.807) is 0 Å². The van der Waals surface area contributed by atoms with E-state index in [2.05, 4.69) is 0 Å². The molecule has 2 rings (SSSR count). The van der Waals surface area contributed by atoms with Crippen molar-refractivity contribution in [1.29, 1.82) is 0 Å². The Bertz CT molecular complexity index is 532. The fourth-order valence-corrected chi connectivity index (χ4v) is 4.92. The molecule has 9 heteroatoms. The van der Waals surface area contributed by atoms with Crippen LogP contribution in [0.5, 0.6) is 0 Å². The van der Waals surface area contributed by atoms with Crippen molar-refractivity contribution < 1.29 is 32.7 Å². The molecule has 1 aliphatic heterocycles. The smallest absolute Gasteiger partial charge is 0.378 e. The molecule has 0 aromatic heterocycles. The first-order valence-corrected chi connectivity index (χ1v) is 11.8. The lowest BCUT2D eigenvalue weighted by atomic mass is 10.0. The van der Waals surface area contributed by atoms with Crippen molar-refractivity contribution in [2.45, 2.75) is 97.0 Å². The number of hydrogen-bond donors (Lipinski definition) is 2. The molecule has 8 atom stereocenters. The predicted octanol–water partition coefficient (Wildman–Crippen LogP) is 2.87. The lowest BCUT2D eigenvalue weighted by Crippen LogP contribution is -2.37. The van der Waals surface area contributed by atoms with Crippen LogP contribution >= 0.6 is 7.82 Å². The Balaban J connectivity index is 1.91. The highest BCUT2D eigenvalue weighted by Crippen LogP contribution is 2.49. The molecule has 28 heavy (non-hydrogen) atoms. The normalized spacial score (nSPS) is 38.4. The molecule has 0 aromatic rings. The van der Waals surface area contributed by atoms with Gasteiger partial charge in [0.2, 0.25) is 0 Å². The van der Waals surface area contributed by atoms with Crippen molar-refractivity contribution >= 4 is 7.82 Å². The molecule has 1 saturated heterocycles. The summed E-state index contributed by atoms with van der Waals surface area (Å²) >= 11 is 0. The summed E-state index contributed by atoms with van der Waals surface area (Å²) in [5.74, 6) is 0.0230. The van der Waals surface area contributed by atoms with Gasteiger partial charge in [-0.15, -0.1) is 0 Å². The maximum atomic E-state index is 12.6. The van der Waals surface area contributed by atoms with Crippen LogP contribution in [0.25, 0.3) is 0 Å². The summed E-state index contributed by atoms with van der Waals surface area (Å²) in [6.07, 6.45) is 0.396. The molecule has 0 amide bonds. The first-order valence-electron chi connectivity index (χ1n) is 10.3. The van der Waals surface area contributed by atoms with E-state index in [9.17, 15) is 9.46 Å². The summed E-state index contributed by atoms with van der Waals surface area (Å²) in [6.45, 7) is 12.1. The molecule has 1 saturated carbocycles. The Hall–Kier alpha value is -0.0500. The Morgan fingerprint density at radius 1 is 1.11 bits per heavy atom. The van der Waals surface area contributed by atoms with Crippen molar-refractivity contribution in [2.24, 2.45) is 17.6 Å². The summed E-state index contributed by atoms with van der Waals surface area (Å²) in [4.78, 5) is 10.3. The van der Waals surface area contributed by atoms with Crippen molar-refractivity contribution in [2.75, 3.05) is 13.2 Å². The number of rotatable bonds is 10. The van der Waals surface area contributed by atoms with Crippen LogP contribution in [0.2, 0.25) is 0 Å². The molecule has 0 bridgehead atoms. The second-order valence-electron chi connectivity index (χ2n) is 8.69. The molecule has 1 aliphatic carbocycles. The first-order chi connectivity index (χ1) is 13.0. The van der Waals surface area contributed by atoms with Crippen molar-refractivity contribution in [1.82, 2.24) is 0 Å². The first kappa shape index (κ1) is 24.2. The van der Waals surface area contributed by atoms with E-state index in [4.69, 9.17) is 29.0 Å². The van der Waals surface area contributed by atoms with Crippen LogP contribution in [0, 0.1) is 11.8 Å². The van der Waals surface area contributed by atoms with Gasteiger partial charge in [0.05, 0.1) is 43.7 Å². The molecule has 3 N–H and O–H groups in total. The molecular formula is C19H38NO7P. The Morgan fingerprint density at radius 3 is 2.39 bits per heavy atom. The molecule has 3 unspecified atom stereocenters. The summed E-state index contributed by atoms with van der Waals surface area (Å²) in [5, 5.41) is 0. The highest BCUT2D eigenvalue weighted by molar-refractivity contribution is 7.47. The molecule has 0 spiro atoms. The highest BCUT2D eigenvalue weighted by atomic mass is 31.2. The Morgan fingerprint density at radius 2 is 1.79 bits per heavy atom. The quantitative estimate of drug-likeness (QED) is 0.516. The van der Waals surface area contributed by atoms with Crippen LogP contribution in [0.4, 0.5) is 0 Å². The van der Waals surface area contributed by atoms with Crippen LogP contribution in [-0.4, -0.2) is 60.8 Å². The van der Waals surface area contributed by atoms with Gasteiger partial charge >= 0.3 is 7.82 Å². The molecular weight excluding hydrogens is 385 g/mol. The third kappa shape index (κ3) is 7.03. The molecule has 166 valence electrons. The SMILES string of the molecule is CC(C)OC[C@H]1C(N)[C@@H](C)C[C@H]1OP(=O)(O)OC[C@H]1O[C@@H](C)CC1OC(C)C. The van der Waals surface area contributed by atoms with Gasteiger partial charge in [-0.25, -0.2) is 4.57 Å². The molecule has 0 radical (unpaired) electrons. The van der Waals surface area contributed by atoms with Gasteiger partial charge in [-0.05, 0) is 47.0 Å². The van der Waals surface area contributed by atoms with Gasteiger partial charge in [0.25, 0.3) is 0 Å². The Kier molecular flexibility index (Phi) is 8.92. The summed E-state index contributed by atoms with van der Waals surface area (Å²) in [6, 6.07) is -0.147. The molecule has 8 nitrogen and oxygen atoms in total. The van der Waals surface area contributed by atoms with Gasteiger partial charge < -0.3 is 24.8 Å². The average Bonchev–Trinajstić information content (AvgIpc) is 3.02. The monoisotopic (exact) mass is 423 g/mol. The van der Waals surface area contributed by atoms with Crippen LogP contribution in [0.3, 0.4) is 0 Å². The van der Waals surface area contributed by atoms with Crippen LogP contribution < -0.4 is 5.73 Å². The van der Waals surface area contributed by atoms with E-state index in [1.807, 2.05) is 41.5 Å². The zero-order valence-electron chi connectivity index (χ0n) is 17.9. The maximum absolute atomic E-state index is 12.6. The van der Waals surface area contributed by atoms with Gasteiger partial charge in [0.15, 0.2) is 0 Å². The van der Waals surface area contributed by atoms with Crippen LogP contribution in [0.1, 0.15) is 54.4 Å². The lowest BCUT2D eigenvalue weighted by molar-refractivity contribution is -0.0649. The summed E-state index contributed by atoms with van der Waals surface area (Å²) < 4.78 is 40.7. The second-order valence-corrected chi connectivity index (χ2v) is 10.1. The number of ether oxygens (including phenoxy) is 3. The van der Waals surface area contributed by atoms with E-state index >= 15 is 0 Å². The predicted molar refractivity (Wildman–Crippen MR) is 106 cm³/mol. The lowest BCUT2D eigenvalue weighted by Gasteiger charge is -2.26. The average molecular weight is 423 g/mol. The number of phosphoric ester groups is 1. The molecule has 1 heterocycles. The molecule has 0 aromatic carbocycles. The van der Waals surface area contributed by atoms with E-state index in [1.165, 1.54) is 0 Å². The zero-order valence-corrected chi connectivity index (χ0v) is 18.8. The third-order valence-corrected chi connectivity index (χ3v) is 6.37. The summed E-state index contributed by atoms with van der Waals surface area (Å²) in [5.41, 5.74) is 6.26. The van der Waals surface area contributed by atoms with E-state index in [-0.39, 0.29) is 48.9 Å². The minimum Gasteiger partial charge on any atom is -0.378 e. The topological polar surface area (TPSA) is 109 Å². The summed E-state index contributed by atoms with van der Waals surface area (Å²) in [7, 11) is -4.26. The third-order valence-electron chi connectivity index (χ3n) is 5.36. The zero-order chi connectivity index (χ0) is 21.1. The maximum Gasteiger partial charge on any atom is 0.472 e. The van der Waals surface area contributed by atoms with Crippen molar-refractivity contribution in [3.63, 3.8) is 0 Å². The van der Waals surface area contributed by atoms with Gasteiger partial charge in [-0.1, -0.05) is 6.92 Å². The Labute approximate surface area is 169 Å². The second kappa shape index (κ2) is 10.3. The van der Waals surface area contributed by atoms with Gasteiger partial charge in [-0.3, -0.25) is 9.05 Å². The minimum atomic E-state index is -4.26. The van der Waals surface area contributed by atoms with E-state index in [0.717, 1.165) is 6.42 Å². The van der Waals surface area contributed by atoms with Crippen LogP contribution in [0.15, 0.2) is 0 Å².